The van der Waals surface area contributed by atoms with E-state index in [9.17, 15) is 4.79 Å². The van der Waals surface area contributed by atoms with E-state index < -0.39 is 6.10 Å². The molecule has 1 aliphatic heterocycles. The molecule has 0 aliphatic carbocycles. The minimum atomic E-state index is -0.461. The van der Waals surface area contributed by atoms with E-state index in [2.05, 4.69) is 0 Å². The Morgan fingerprint density at radius 1 is 1.56 bits per heavy atom. The molecule has 2 rings (SSSR count). The summed E-state index contributed by atoms with van der Waals surface area (Å²) < 4.78 is 5.67. The third-order valence-electron chi connectivity index (χ3n) is 3.19. The largest absolute Gasteiger partial charge is 0.481 e. The summed E-state index contributed by atoms with van der Waals surface area (Å²) >= 11 is 0. The molecule has 1 fully saturated rings. The lowest BCUT2D eigenvalue weighted by molar-refractivity contribution is -0.136. The molecule has 0 radical (unpaired) electrons. The van der Waals surface area contributed by atoms with Gasteiger partial charge in [-0.1, -0.05) is 12.1 Å². The maximum atomic E-state index is 12.1. The summed E-state index contributed by atoms with van der Waals surface area (Å²) in [6.07, 6.45) is 0.417. The van der Waals surface area contributed by atoms with Crippen LogP contribution in [0.15, 0.2) is 24.3 Å². The molecule has 4 heteroatoms. The Balaban J connectivity index is 1.95. The minimum Gasteiger partial charge on any atom is -0.481 e. The van der Waals surface area contributed by atoms with Crippen LogP contribution in [0.25, 0.3) is 0 Å². The highest BCUT2D eigenvalue weighted by molar-refractivity contribution is 5.81. The van der Waals surface area contributed by atoms with Crippen molar-refractivity contribution in [3.05, 3.63) is 29.8 Å². The van der Waals surface area contributed by atoms with E-state index in [0.29, 0.717) is 6.54 Å². The fourth-order valence-corrected chi connectivity index (χ4v) is 2.19. The van der Waals surface area contributed by atoms with Crippen molar-refractivity contribution < 1.29 is 9.53 Å². The van der Waals surface area contributed by atoms with E-state index in [-0.39, 0.29) is 11.9 Å². The summed E-state index contributed by atoms with van der Waals surface area (Å²) in [6, 6.07) is 7.83. The molecule has 1 heterocycles. The predicted molar refractivity (Wildman–Crippen MR) is 70.4 cm³/mol. The number of nitrogens with two attached hydrogens (primary N) is 1. The van der Waals surface area contributed by atoms with E-state index in [0.717, 1.165) is 24.3 Å². The molecule has 0 bridgehead atoms. The molecule has 2 N–H and O–H groups in total. The summed E-state index contributed by atoms with van der Waals surface area (Å²) in [7, 11) is 0. The molecule has 0 aromatic heterocycles. The Morgan fingerprint density at radius 3 is 2.94 bits per heavy atom. The van der Waals surface area contributed by atoms with Crippen LogP contribution >= 0.6 is 0 Å². The van der Waals surface area contributed by atoms with Gasteiger partial charge >= 0.3 is 0 Å². The predicted octanol–water partition coefficient (Wildman–Crippen LogP) is 1.32. The van der Waals surface area contributed by atoms with Gasteiger partial charge in [-0.25, -0.2) is 0 Å². The zero-order valence-electron chi connectivity index (χ0n) is 10.9. The molecule has 98 valence electrons. The van der Waals surface area contributed by atoms with Crippen LogP contribution in [0.1, 0.15) is 18.9 Å². The number of hydrogen-bond donors (Lipinski definition) is 1. The van der Waals surface area contributed by atoms with Gasteiger partial charge in [0.2, 0.25) is 0 Å². The summed E-state index contributed by atoms with van der Waals surface area (Å²) in [5.74, 6) is 0.754. The number of rotatable bonds is 3. The highest BCUT2D eigenvalue weighted by Gasteiger charge is 2.28. The van der Waals surface area contributed by atoms with Gasteiger partial charge in [-0.3, -0.25) is 4.79 Å². The molecule has 1 aromatic carbocycles. The van der Waals surface area contributed by atoms with Crippen molar-refractivity contribution in [2.45, 2.75) is 32.4 Å². The number of hydrogen-bond acceptors (Lipinski definition) is 3. The van der Waals surface area contributed by atoms with Crippen molar-refractivity contribution in [3.63, 3.8) is 0 Å². The van der Waals surface area contributed by atoms with Gasteiger partial charge < -0.3 is 15.4 Å². The van der Waals surface area contributed by atoms with Crippen molar-refractivity contribution in [3.8, 4) is 5.75 Å². The summed E-state index contributed by atoms with van der Waals surface area (Å²) in [4.78, 5) is 13.9. The normalized spacial score (nSPS) is 20.8. The standard InChI is InChI=1S/C14H20N2O2/c1-10-4-3-5-13(8-10)18-11(2)14(17)16-7-6-12(15)9-16/h3-5,8,11-12H,6-7,9,15H2,1-2H3/t11-,12-/m0/s1. The second-order valence-electron chi connectivity index (χ2n) is 4.91. The number of benzene rings is 1. The van der Waals surface area contributed by atoms with Gasteiger partial charge in [0.1, 0.15) is 5.75 Å². The maximum absolute atomic E-state index is 12.1. The molecule has 0 saturated carbocycles. The molecule has 2 atom stereocenters. The van der Waals surface area contributed by atoms with E-state index in [4.69, 9.17) is 10.5 Å². The average molecular weight is 248 g/mol. The quantitative estimate of drug-likeness (QED) is 0.877. The number of carbonyl (C=O) groups is 1. The van der Waals surface area contributed by atoms with Crippen molar-refractivity contribution in [1.82, 2.24) is 4.90 Å². The number of aryl methyl sites for hydroxylation is 1. The second kappa shape index (κ2) is 5.40. The molecule has 18 heavy (non-hydrogen) atoms. The molecule has 0 spiro atoms. The fraction of sp³-hybridized carbons (Fsp3) is 0.500. The third kappa shape index (κ3) is 3.01. The Labute approximate surface area is 108 Å². The second-order valence-corrected chi connectivity index (χ2v) is 4.91. The highest BCUT2D eigenvalue weighted by atomic mass is 16.5. The van der Waals surface area contributed by atoms with Crippen LogP contribution in [0, 0.1) is 6.92 Å². The monoisotopic (exact) mass is 248 g/mol. The molecule has 1 amide bonds. The van der Waals surface area contributed by atoms with E-state index in [1.807, 2.05) is 31.2 Å². The summed E-state index contributed by atoms with van der Waals surface area (Å²) in [5, 5.41) is 0. The zero-order valence-corrected chi connectivity index (χ0v) is 10.9. The molecule has 0 unspecified atom stereocenters. The molecule has 1 saturated heterocycles. The number of ether oxygens (including phenoxy) is 1. The zero-order chi connectivity index (χ0) is 13.1. The molecular weight excluding hydrogens is 228 g/mol. The lowest BCUT2D eigenvalue weighted by Crippen LogP contribution is -2.40. The Morgan fingerprint density at radius 2 is 2.33 bits per heavy atom. The van der Waals surface area contributed by atoms with Crippen LogP contribution in [0.5, 0.6) is 5.75 Å². The summed E-state index contributed by atoms with van der Waals surface area (Å²) in [5.41, 5.74) is 6.92. The van der Waals surface area contributed by atoms with Crippen molar-refractivity contribution in [1.29, 1.82) is 0 Å². The van der Waals surface area contributed by atoms with E-state index in [1.165, 1.54) is 0 Å². The maximum Gasteiger partial charge on any atom is 0.263 e. The number of nitrogens with zero attached hydrogens (tertiary/aromatic N) is 1. The fourth-order valence-electron chi connectivity index (χ4n) is 2.19. The molecular formula is C14H20N2O2. The van der Waals surface area contributed by atoms with Gasteiger partial charge in [0.15, 0.2) is 6.10 Å². The van der Waals surface area contributed by atoms with Crippen LogP contribution < -0.4 is 10.5 Å². The number of likely N-dealkylation sites (tertiary alicyclic amines) is 1. The van der Waals surface area contributed by atoms with Crippen molar-refractivity contribution in [2.75, 3.05) is 13.1 Å². The van der Waals surface area contributed by atoms with Crippen LogP contribution in [-0.2, 0) is 4.79 Å². The van der Waals surface area contributed by atoms with Gasteiger partial charge in [0.05, 0.1) is 0 Å². The van der Waals surface area contributed by atoms with Crippen LogP contribution in [0.2, 0.25) is 0 Å². The summed E-state index contributed by atoms with van der Waals surface area (Å²) in [6.45, 7) is 5.16. The van der Waals surface area contributed by atoms with Gasteiger partial charge in [-0.05, 0) is 38.0 Å². The molecule has 4 nitrogen and oxygen atoms in total. The van der Waals surface area contributed by atoms with Crippen LogP contribution in [-0.4, -0.2) is 36.0 Å². The van der Waals surface area contributed by atoms with Gasteiger partial charge in [-0.2, -0.15) is 0 Å². The lowest BCUT2D eigenvalue weighted by Gasteiger charge is -2.21. The Hall–Kier alpha value is -1.55. The number of amides is 1. The van der Waals surface area contributed by atoms with Crippen LogP contribution in [0.3, 0.4) is 0 Å². The van der Waals surface area contributed by atoms with Gasteiger partial charge in [0.25, 0.3) is 5.91 Å². The van der Waals surface area contributed by atoms with Crippen LogP contribution in [0.4, 0.5) is 0 Å². The minimum absolute atomic E-state index is 0.0180. The van der Waals surface area contributed by atoms with E-state index >= 15 is 0 Å². The van der Waals surface area contributed by atoms with E-state index in [1.54, 1.807) is 11.8 Å². The van der Waals surface area contributed by atoms with Gasteiger partial charge in [0, 0.05) is 19.1 Å². The lowest BCUT2D eigenvalue weighted by atomic mass is 10.2. The molecule has 1 aromatic rings. The number of carbonyl (C=O) groups excluding carboxylic acids is 1. The average Bonchev–Trinajstić information content (AvgIpc) is 2.75. The Kier molecular flexibility index (Phi) is 3.87. The smallest absolute Gasteiger partial charge is 0.263 e. The van der Waals surface area contributed by atoms with Gasteiger partial charge in [-0.15, -0.1) is 0 Å². The topological polar surface area (TPSA) is 55.6 Å². The van der Waals surface area contributed by atoms with Crippen molar-refractivity contribution in [2.24, 2.45) is 5.73 Å². The third-order valence-corrected chi connectivity index (χ3v) is 3.19. The SMILES string of the molecule is Cc1cccc(O[C@@H](C)C(=O)N2CC[C@H](N)C2)c1. The molecule has 1 aliphatic rings. The first-order valence-electron chi connectivity index (χ1n) is 6.34. The van der Waals surface area contributed by atoms with Crippen molar-refractivity contribution >= 4 is 5.91 Å². The highest BCUT2D eigenvalue weighted by Crippen LogP contribution is 2.16. The first kappa shape index (κ1) is 12.9. The first-order valence-corrected chi connectivity index (χ1v) is 6.34. The first-order chi connectivity index (χ1) is 8.56. The Bertz CT molecular complexity index is 434.